The quantitative estimate of drug-likeness (QED) is 0.531. The highest BCUT2D eigenvalue weighted by Crippen LogP contribution is 2.27. The summed E-state index contributed by atoms with van der Waals surface area (Å²) in [5, 5.41) is 9.54. The summed E-state index contributed by atoms with van der Waals surface area (Å²) in [6.45, 7) is 9.98. The summed E-state index contributed by atoms with van der Waals surface area (Å²) in [6.07, 6.45) is 2.48. The Balaban J connectivity index is 1.96. The Kier molecular flexibility index (Phi) is 6.49. The van der Waals surface area contributed by atoms with Crippen LogP contribution in [0.2, 0.25) is 0 Å². The fourth-order valence-electron chi connectivity index (χ4n) is 3.87. The molecular weight excluding hydrogens is 372 g/mol. The molecule has 2 aliphatic heterocycles. The molecule has 0 saturated carbocycles. The number of aromatic amines is 1. The van der Waals surface area contributed by atoms with Crippen LogP contribution >= 0.6 is 0 Å². The topological polar surface area (TPSA) is 119 Å². The van der Waals surface area contributed by atoms with Gasteiger partial charge in [0.05, 0.1) is 5.69 Å². The average molecular weight is 402 g/mol. The lowest BCUT2D eigenvalue weighted by atomic mass is 9.95. The molecule has 29 heavy (non-hydrogen) atoms. The number of amides is 3. The highest BCUT2D eigenvalue weighted by molar-refractivity contribution is 6.12. The second-order valence-corrected chi connectivity index (χ2v) is 7.87. The maximum absolute atomic E-state index is 12.6. The van der Waals surface area contributed by atoms with Crippen LogP contribution in [0.4, 0.5) is 0 Å². The summed E-state index contributed by atoms with van der Waals surface area (Å²) in [4.78, 5) is 45.5. The van der Waals surface area contributed by atoms with Crippen molar-refractivity contribution in [1.82, 2.24) is 30.8 Å². The average Bonchev–Trinajstić information content (AvgIpc) is 3.09. The Morgan fingerprint density at radius 3 is 2.66 bits per heavy atom. The number of nitrogens with one attached hydrogen (secondary N) is 4. The standard InChI is InChI=1S/C20H30N6O3/c1-5-13(16-9-21-6-7-22-16)19-24-14(18(25-19)11(2)3)8-15-20(29)26(12(4)27)10-17(28)23-15/h8,11,13,16,21-22H,5-7,9-10H2,1-4H3,(H,23,28)(H,24,25)/b15-8-. The summed E-state index contributed by atoms with van der Waals surface area (Å²) >= 11 is 0. The van der Waals surface area contributed by atoms with E-state index in [-0.39, 0.29) is 30.1 Å². The number of rotatable bonds is 5. The number of hydrogen-bond donors (Lipinski definition) is 4. The first kappa shape index (κ1) is 21.2. The highest BCUT2D eigenvalue weighted by atomic mass is 16.2. The summed E-state index contributed by atoms with van der Waals surface area (Å²) in [5.41, 5.74) is 1.59. The lowest BCUT2D eigenvalue weighted by Crippen LogP contribution is -2.51. The van der Waals surface area contributed by atoms with Gasteiger partial charge in [-0.3, -0.25) is 19.3 Å². The number of aromatic nitrogens is 2. The number of carbonyl (C=O) groups is 3. The van der Waals surface area contributed by atoms with Crippen LogP contribution in [0.15, 0.2) is 5.70 Å². The number of nitrogens with zero attached hydrogens (tertiary/aromatic N) is 2. The number of piperazine rings is 2. The molecule has 1 aromatic rings. The lowest BCUT2D eigenvalue weighted by Gasteiger charge is -2.30. The van der Waals surface area contributed by atoms with Crippen LogP contribution in [0.3, 0.4) is 0 Å². The van der Waals surface area contributed by atoms with E-state index in [2.05, 4.69) is 27.9 Å². The van der Waals surface area contributed by atoms with Crippen LogP contribution in [-0.4, -0.2) is 64.8 Å². The highest BCUT2D eigenvalue weighted by Gasteiger charge is 2.32. The van der Waals surface area contributed by atoms with E-state index < -0.39 is 17.7 Å². The van der Waals surface area contributed by atoms with Crippen molar-refractivity contribution in [3.8, 4) is 0 Å². The monoisotopic (exact) mass is 402 g/mol. The van der Waals surface area contributed by atoms with Crippen LogP contribution in [0.1, 0.15) is 63.2 Å². The number of hydrogen-bond acceptors (Lipinski definition) is 6. The molecule has 2 fully saturated rings. The Morgan fingerprint density at radius 2 is 2.07 bits per heavy atom. The Morgan fingerprint density at radius 1 is 1.31 bits per heavy atom. The molecule has 0 radical (unpaired) electrons. The van der Waals surface area contributed by atoms with E-state index >= 15 is 0 Å². The fourth-order valence-corrected chi connectivity index (χ4v) is 3.87. The van der Waals surface area contributed by atoms with E-state index in [1.807, 2.05) is 13.8 Å². The van der Waals surface area contributed by atoms with Crippen molar-refractivity contribution in [3.05, 3.63) is 22.9 Å². The van der Waals surface area contributed by atoms with E-state index in [9.17, 15) is 14.4 Å². The second-order valence-electron chi connectivity index (χ2n) is 7.87. The first-order valence-corrected chi connectivity index (χ1v) is 10.2. The third-order valence-corrected chi connectivity index (χ3v) is 5.42. The molecule has 158 valence electrons. The zero-order valence-electron chi connectivity index (χ0n) is 17.5. The third kappa shape index (κ3) is 4.56. The van der Waals surface area contributed by atoms with Crippen LogP contribution < -0.4 is 16.0 Å². The Bertz CT molecular complexity index is 822. The van der Waals surface area contributed by atoms with E-state index in [1.54, 1.807) is 6.08 Å². The van der Waals surface area contributed by atoms with Crippen molar-refractivity contribution < 1.29 is 14.4 Å². The number of imidazole rings is 1. The molecular formula is C20H30N6O3. The van der Waals surface area contributed by atoms with Crippen molar-refractivity contribution in [3.63, 3.8) is 0 Å². The normalized spacial score (nSPS) is 22.9. The SMILES string of the molecule is CCC(c1nc(/C=C2\NC(=O)CN(C(C)=O)C2=O)c(C(C)C)[nH]1)C1CNCCN1. The first-order chi connectivity index (χ1) is 13.8. The van der Waals surface area contributed by atoms with Gasteiger partial charge in [-0.05, 0) is 18.4 Å². The molecule has 2 atom stereocenters. The van der Waals surface area contributed by atoms with Gasteiger partial charge < -0.3 is 20.9 Å². The molecule has 0 aromatic carbocycles. The van der Waals surface area contributed by atoms with Gasteiger partial charge >= 0.3 is 0 Å². The minimum Gasteiger partial charge on any atom is -0.345 e. The molecule has 0 spiro atoms. The predicted octanol–water partition coefficient (Wildman–Crippen LogP) is 0.434. The Labute approximate surface area is 170 Å². The van der Waals surface area contributed by atoms with Gasteiger partial charge in [-0.1, -0.05) is 20.8 Å². The van der Waals surface area contributed by atoms with Crippen molar-refractivity contribution in [2.45, 2.75) is 52.0 Å². The van der Waals surface area contributed by atoms with E-state index in [1.165, 1.54) is 6.92 Å². The molecule has 3 rings (SSSR count). The summed E-state index contributed by atoms with van der Waals surface area (Å²) in [7, 11) is 0. The van der Waals surface area contributed by atoms with Crippen molar-refractivity contribution in [1.29, 1.82) is 0 Å². The van der Waals surface area contributed by atoms with Gasteiger partial charge in [-0.25, -0.2) is 4.98 Å². The summed E-state index contributed by atoms with van der Waals surface area (Å²) in [5.74, 6) is -0.153. The zero-order chi connectivity index (χ0) is 21.1. The molecule has 3 amide bonds. The van der Waals surface area contributed by atoms with Crippen molar-refractivity contribution in [2.75, 3.05) is 26.2 Å². The van der Waals surface area contributed by atoms with Crippen LogP contribution in [0.5, 0.6) is 0 Å². The molecule has 2 unspecified atom stereocenters. The van der Waals surface area contributed by atoms with Crippen molar-refractivity contribution >= 4 is 23.8 Å². The maximum atomic E-state index is 12.6. The minimum atomic E-state index is -0.512. The molecule has 9 nitrogen and oxygen atoms in total. The molecule has 1 aromatic heterocycles. The third-order valence-electron chi connectivity index (χ3n) is 5.42. The van der Waals surface area contributed by atoms with Gasteiger partial charge in [0.15, 0.2) is 0 Å². The smallest absolute Gasteiger partial charge is 0.277 e. The summed E-state index contributed by atoms with van der Waals surface area (Å²) < 4.78 is 0. The summed E-state index contributed by atoms with van der Waals surface area (Å²) in [6, 6.07) is 0.268. The van der Waals surface area contributed by atoms with Crippen LogP contribution in [0.25, 0.3) is 6.08 Å². The van der Waals surface area contributed by atoms with Gasteiger partial charge in [0, 0.05) is 44.2 Å². The lowest BCUT2D eigenvalue weighted by molar-refractivity contribution is -0.147. The van der Waals surface area contributed by atoms with Gasteiger partial charge in [-0.2, -0.15) is 0 Å². The van der Waals surface area contributed by atoms with Gasteiger partial charge in [0.1, 0.15) is 18.1 Å². The molecule has 3 heterocycles. The largest absolute Gasteiger partial charge is 0.345 e. The first-order valence-electron chi connectivity index (χ1n) is 10.2. The maximum Gasteiger partial charge on any atom is 0.277 e. The van der Waals surface area contributed by atoms with Gasteiger partial charge in [0.25, 0.3) is 5.91 Å². The van der Waals surface area contributed by atoms with E-state index in [0.29, 0.717) is 5.69 Å². The minimum absolute atomic E-state index is 0.0712. The van der Waals surface area contributed by atoms with Crippen LogP contribution in [0, 0.1) is 0 Å². The number of imide groups is 1. The molecule has 2 saturated heterocycles. The zero-order valence-corrected chi connectivity index (χ0v) is 17.5. The molecule has 9 heteroatoms. The second kappa shape index (κ2) is 8.87. The van der Waals surface area contributed by atoms with Gasteiger partial charge in [-0.15, -0.1) is 0 Å². The van der Waals surface area contributed by atoms with Crippen molar-refractivity contribution in [2.24, 2.45) is 0 Å². The molecule has 4 N–H and O–H groups in total. The molecule has 0 aliphatic carbocycles. The van der Waals surface area contributed by atoms with Gasteiger partial charge in [0.2, 0.25) is 11.8 Å². The predicted molar refractivity (Wildman–Crippen MR) is 109 cm³/mol. The van der Waals surface area contributed by atoms with Crippen LogP contribution in [-0.2, 0) is 14.4 Å². The van der Waals surface area contributed by atoms with E-state index in [0.717, 1.165) is 42.5 Å². The van der Waals surface area contributed by atoms with E-state index in [4.69, 9.17) is 4.98 Å². The molecule has 0 bridgehead atoms. The fraction of sp³-hybridized carbons (Fsp3) is 0.600. The Hall–Kier alpha value is -2.52. The number of carbonyl (C=O) groups excluding carboxylic acids is 3. The number of H-pyrrole nitrogens is 1. The molecule has 2 aliphatic rings.